The van der Waals surface area contributed by atoms with E-state index in [1.165, 1.54) is 0 Å². The van der Waals surface area contributed by atoms with Crippen LogP contribution in [0.1, 0.15) is 47.4 Å². The average molecular weight is 399 g/mol. The largest absolute Gasteiger partial charge is 0.487 e. The highest BCUT2D eigenvalue weighted by molar-refractivity contribution is 5.49. The molecule has 30 heavy (non-hydrogen) atoms. The predicted octanol–water partition coefficient (Wildman–Crippen LogP) is 5.66. The molecule has 152 valence electrons. The van der Waals surface area contributed by atoms with Crippen LogP contribution < -0.4 is 10.1 Å². The first-order chi connectivity index (χ1) is 14.6. The summed E-state index contributed by atoms with van der Waals surface area (Å²) in [6.07, 6.45) is 1.85. The lowest BCUT2D eigenvalue weighted by Gasteiger charge is -2.16. The van der Waals surface area contributed by atoms with E-state index >= 15 is 0 Å². The quantitative estimate of drug-likeness (QED) is 0.579. The van der Waals surface area contributed by atoms with E-state index in [9.17, 15) is 0 Å². The molecule has 0 saturated carbocycles. The van der Waals surface area contributed by atoms with Gasteiger partial charge in [0, 0.05) is 18.4 Å². The van der Waals surface area contributed by atoms with Gasteiger partial charge in [-0.3, -0.25) is 4.98 Å². The van der Waals surface area contributed by atoms with Crippen LogP contribution in [0.15, 0.2) is 54.7 Å². The van der Waals surface area contributed by atoms with E-state index in [2.05, 4.69) is 22.4 Å². The van der Waals surface area contributed by atoms with Crippen molar-refractivity contribution in [2.45, 2.75) is 40.8 Å². The molecule has 5 nitrogen and oxygen atoms in total. The van der Waals surface area contributed by atoms with Crippen LogP contribution in [-0.2, 0) is 13.2 Å². The number of aromatic nitrogens is 1. The van der Waals surface area contributed by atoms with Gasteiger partial charge in [-0.25, -0.2) is 0 Å². The second kappa shape index (κ2) is 11.2. The number of hydrogen-bond donors (Lipinski definition) is 1. The van der Waals surface area contributed by atoms with Crippen molar-refractivity contribution in [2.24, 2.45) is 0 Å². The smallest absolute Gasteiger partial charge is 0.144 e. The third-order valence-corrected chi connectivity index (χ3v) is 4.50. The molecule has 0 spiro atoms. The third kappa shape index (κ3) is 5.83. The minimum atomic E-state index is 0.380. The Labute approximate surface area is 178 Å². The molecule has 0 amide bonds. The summed E-state index contributed by atoms with van der Waals surface area (Å²) in [5, 5.41) is 21.3. The van der Waals surface area contributed by atoms with Gasteiger partial charge in [-0.2, -0.15) is 10.5 Å². The highest BCUT2D eigenvalue weighted by Crippen LogP contribution is 2.26. The standard InChI is InChI=1S/C23H20N4O.C2H6/c1-16-21(14-27-22-8-6-18(11-24)7-9-22)13-26-17(2)23(16)28-15-20-5-3-4-19(10-20)12-25;1-2/h3-10,13,27H,14-15H2,1-2H3;1-2H3. The molecule has 3 aromatic rings. The van der Waals surface area contributed by atoms with E-state index in [0.717, 1.165) is 33.8 Å². The van der Waals surface area contributed by atoms with Crippen molar-refractivity contribution in [3.05, 3.63) is 88.2 Å². The first-order valence-electron chi connectivity index (χ1n) is 9.91. The van der Waals surface area contributed by atoms with Crippen molar-refractivity contribution in [3.63, 3.8) is 0 Å². The van der Waals surface area contributed by atoms with Gasteiger partial charge in [0.25, 0.3) is 0 Å². The van der Waals surface area contributed by atoms with Crippen LogP contribution in [0, 0.1) is 36.5 Å². The molecule has 2 aromatic carbocycles. The molecule has 0 aliphatic carbocycles. The highest BCUT2D eigenvalue weighted by Gasteiger charge is 2.11. The maximum Gasteiger partial charge on any atom is 0.144 e. The molecule has 5 heteroatoms. The van der Waals surface area contributed by atoms with Gasteiger partial charge in [-0.05, 0) is 66.9 Å². The Morgan fingerprint density at radius 2 is 1.67 bits per heavy atom. The van der Waals surface area contributed by atoms with Crippen LogP contribution in [0.3, 0.4) is 0 Å². The van der Waals surface area contributed by atoms with Crippen LogP contribution >= 0.6 is 0 Å². The van der Waals surface area contributed by atoms with Gasteiger partial charge >= 0.3 is 0 Å². The summed E-state index contributed by atoms with van der Waals surface area (Å²) in [5.74, 6) is 0.765. The highest BCUT2D eigenvalue weighted by atomic mass is 16.5. The van der Waals surface area contributed by atoms with Crippen LogP contribution in [-0.4, -0.2) is 4.98 Å². The Balaban J connectivity index is 0.00000155. The number of ether oxygens (including phenoxy) is 1. The number of hydrogen-bond acceptors (Lipinski definition) is 5. The molecule has 0 atom stereocenters. The summed E-state index contributed by atoms with van der Waals surface area (Å²) in [6.45, 7) is 8.92. The van der Waals surface area contributed by atoms with Crippen molar-refractivity contribution in [2.75, 3.05) is 5.32 Å². The Morgan fingerprint density at radius 3 is 2.33 bits per heavy atom. The number of pyridine rings is 1. The molecule has 0 unspecified atom stereocenters. The third-order valence-electron chi connectivity index (χ3n) is 4.50. The summed E-state index contributed by atoms with van der Waals surface area (Å²) in [4.78, 5) is 4.47. The van der Waals surface area contributed by atoms with E-state index in [0.29, 0.717) is 24.3 Å². The second-order valence-electron chi connectivity index (χ2n) is 6.47. The topological polar surface area (TPSA) is 81.7 Å². The van der Waals surface area contributed by atoms with Crippen molar-refractivity contribution in [3.8, 4) is 17.9 Å². The molecule has 0 bridgehead atoms. The fourth-order valence-electron chi connectivity index (χ4n) is 2.88. The first-order valence-corrected chi connectivity index (χ1v) is 9.91. The molecule has 1 aromatic heterocycles. The van der Waals surface area contributed by atoms with Gasteiger partial charge in [0.05, 0.1) is 29.0 Å². The van der Waals surface area contributed by atoms with Crippen molar-refractivity contribution < 1.29 is 4.74 Å². The van der Waals surface area contributed by atoms with Gasteiger partial charge in [-0.1, -0.05) is 26.0 Å². The fraction of sp³-hybridized carbons (Fsp3) is 0.240. The van der Waals surface area contributed by atoms with Gasteiger partial charge in [0.1, 0.15) is 12.4 Å². The molecule has 0 saturated heterocycles. The Bertz CT molecular complexity index is 1060. The molecule has 3 rings (SSSR count). The number of nitrogens with zero attached hydrogens (tertiary/aromatic N) is 3. The van der Waals surface area contributed by atoms with Crippen molar-refractivity contribution in [1.29, 1.82) is 10.5 Å². The molecular formula is C25H26N4O. The summed E-state index contributed by atoms with van der Waals surface area (Å²) < 4.78 is 6.04. The van der Waals surface area contributed by atoms with E-state index in [1.54, 1.807) is 18.2 Å². The molecular weight excluding hydrogens is 372 g/mol. The van der Waals surface area contributed by atoms with E-state index in [-0.39, 0.29) is 0 Å². The molecule has 0 radical (unpaired) electrons. The SMILES string of the molecule is CC.Cc1ncc(CNc2ccc(C#N)cc2)c(C)c1OCc1cccc(C#N)c1. The lowest BCUT2D eigenvalue weighted by Crippen LogP contribution is -2.06. The predicted molar refractivity (Wildman–Crippen MR) is 119 cm³/mol. The Morgan fingerprint density at radius 1 is 0.967 bits per heavy atom. The maximum absolute atomic E-state index is 9.03. The maximum atomic E-state index is 9.03. The van der Waals surface area contributed by atoms with Gasteiger partial charge in [0.15, 0.2) is 0 Å². The van der Waals surface area contributed by atoms with Gasteiger partial charge < -0.3 is 10.1 Å². The summed E-state index contributed by atoms with van der Waals surface area (Å²) >= 11 is 0. The van der Waals surface area contributed by atoms with Crippen LogP contribution in [0.5, 0.6) is 5.75 Å². The first kappa shape index (κ1) is 22.5. The number of nitriles is 2. The molecule has 1 N–H and O–H groups in total. The second-order valence-corrected chi connectivity index (χ2v) is 6.47. The summed E-state index contributed by atoms with van der Waals surface area (Å²) in [7, 11) is 0. The molecule has 0 aliphatic heterocycles. The number of benzene rings is 2. The minimum Gasteiger partial charge on any atom is -0.487 e. The molecule has 0 fully saturated rings. The number of nitrogens with one attached hydrogen (secondary N) is 1. The van der Waals surface area contributed by atoms with E-state index < -0.39 is 0 Å². The summed E-state index contributed by atoms with van der Waals surface area (Å²) in [6, 6.07) is 19.0. The normalized spacial score (nSPS) is 9.53. The number of anilines is 1. The minimum absolute atomic E-state index is 0.380. The lowest BCUT2D eigenvalue weighted by atomic mass is 10.1. The van der Waals surface area contributed by atoms with Crippen LogP contribution in [0.25, 0.3) is 0 Å². The number of rotatable bonds is 6. The van der Waals surface area contributed by atoms with Crippen molar-refractivity contribution in [1.82, 2.24) is 4.98 Å². The van der Waals surface area contributed by atoms with Crippen LogP contribution in [0.2, 0.25) is 0 Å². The molecule has 0 aliphatic rings. The zero-order valence-electron chi connectivity index (χ0n) is 17.9. The fourth-order valence-corrected chi connectivity index (χ4v) is 2.88. The van der Waals surface area contributed by atoms with Gasteiger partial charge in [-0.15, -0.1) is 0 Å². The number of aryl methyl sites for hydroxylation is 1. The van der Waals surface area contributed by atoms with E-state index in [1.807, 2.05) is 64.2 Å². The monoisotopic (exact) mass is 398 g/mol. The molecule has 1 heterocycles. The summed E-state index contributed by atoms with van der Waals surface area (Å²) in [5.41, 5.74) is 6.04. The lowest BCUT2D eigenvalue weighted by molar-refractivity contribution is 0.300. The Hall–Kier alpha value is -3.83. The Kier molecular flexibility index (Phi) is 8.41. The van der Waals surface area contributed by atoms with Crippen LogP contribution in [0.4, 0.5) is 5.69 Å². The average Bonchev–Trinajstić information content (AvgIpc) is 2.80. The van der Waals surface area contributed by atoms with E-state index in [4.69, 9.17) is 15.3 Å². The zero-order chi connectivity index (χ0) is 21.9. The van der Waals surface area contributed by atoms with Crippen molar-refractivity contribution >= 4 is 5.69 Å². The zero-order valence-corrected chi connectivity index (χ0v) is 17.9. The van der Waals surface area contributed by atoms with Gasteiger partial charge in [0.2, 0.25) is 0 Å².